The second-order valence-electron chi connectivity index (χ2n) is 4.10. The van der Waals surface area contributed by atoms with Crippen LogP contribution in [-0.4, -0.2) is 18.4 Å². The molecule has 1 amide bonds. The van der Waals surface area contributed by atoms with Gasteiger partial charge in [0.25, 0.3) is 0 Å². The largest absolute Gasteiger partial charge is 0.449 e. The highest BCUT2D eigenvalue weighted by molar-refractivity contribution is 5.89. The van der Waals surface area contributed by atoms with Crippen LogP contribution in [-0.2, 0) is 4.74 Å². The molecular weight excluding hydrogens is 192 g/mol. The van der Waals surface area contributed by atoms with Gasteiger partial charge in [-0.2, -0.15) is 5.10 Å². The van der Waals surface area contributed by atoms with E-state index in [1.165, 1.54) is 6.42 Å². The van der Waals surface area contributed by atoms with E-state index in [1.54, 1.807) is 6.92 Å². The summed E-state index contributed by atoms with van der Waals surface area (Å²) in [6.45, 7) is 6.46. The monoisotopic (exact) mass is 212 g/mol. The predicted molar refractivity (Wildman–Crippen MR) is 59.8 cm³/mol. The van der Waals surface area contributed by atoms with Gasteiger partial charge in [0.15, 0.2) is 0 Å². The van der Waals surface area contributed by atoms with Gasteiger partial charge in [-0.1, -0.05) is 20.3 Å². The highest BCUT2D eigenvalue weighted by Gasteiger charge is 2.23. The molecule has 0 unspecified atom stereocenters. The van der Waals surface area contributed by atoms with Gasteiger partial charge in [0.2, 0.25) is 0 Å². The molecule has 1 aliphatic carbocycles. The van der Waals surface area contributed by atoms with E-state index in [0.717, 1.165) is 18.6 Å². The summed E-state index contributed by atoms with van der Waals surface area (Å²) in [6.07, 6.45) is 3.11. The Morgan fingerprint density at radius 2 is 2.07 bits per heavy atom. The van der Waals surface area contributed by atoms with Crippen molar-refractivity contribution in [3.63, 3.8) is 0 Å². The summed E-state index contributed by atoms with van der Waals surface area (Å²) in [5.74, 6) is 0.936. The van der Waals surface area contributed by atoms with Gasteiger partial charge in [0, 0.05) is 5.71 Å². The van der Waals surface area contributed by atoms with E-state index in [9.17, 15) is 4.79 Å². The van der Waals surface area contributed by atoms with E-state index in [0.29, 0.717) is 18.4 Å². The van der Waals surface area contributed by atoms with E-state index in [-0.39, 0.29) is 0 Å². The van der Waals surface area contributed by atoms with Crippen molar-refractivity contribution in [3.05, 3.63) is 0 Å². The normalized spacial score (nSPS) is 25.9. The summed E-state index contributed by atoms with van der Waals surface area (Å²) in [6, 6.07) is 0. The Labute approximate surface area is 91.1 Å². The van der Waals surface area contributed by atoms with Crippen LogP contribution in [0.4, 0.5) is 4.79 Å². The molecule has 0 aliphatic heterocycles. The summed E-state index contributed by atoms with van der Waals surface area (Å²) in [5, 5.41) is 4.16. The molecule has 0 saturated heterocycles. The van der Waals surface area contributed by atoms with Gasteiger partial charge in [-0.15, -0.1) is 0 Å². The molecule has 1 N–H and O–H groups in total. The molecule has 4 heteroatoms. The zero-order valence-electron chi connectivity index (χ0n) is 9.75. The number of carbonyl (C=O) groups is 1. The molecule has 2 atom stereocenters. The van der Waals surface area contributed by atoms with Crippen molar-refractivity contribution in [1.29, 1.82) is 0 Å². The summed E-state index contributed by atoms with van der Waals surface area (Å²) in [5.41, 5.74) is 3.53. The third kappa shape index (κ3) is 3.53. The smallest absolute Gasteiger partial charge is 0.427 e. The molecule has 86 valence electrons. The number of amides is 1. The standard InChI is InChI=1S/C11H20N2O2/c1-4-15-11(14)13-12-10-8(2)6-5-7-9(10)3/h8-9H,4-7H2,1-3H3,(H,13,14)/t8-,9-/m0/s1. The lowest BCUT2D eigenvalue weighted by molar-refractivity contribution is 0.152. The minimum Gasteiger partial charge on any atom is -0.449 e. The van der Waals surface area contributed by atoms with Crippen molar-refractivity contribution < 1.29 is 9.53 Å². The third-order valence-electron chi connectivity index (χ3n) is 2.84. The molecule has 1 aliphatic rings. The maximum Gasteiger partial charge on any atom is 0.427 e. The van der Waals surface area contributed by atoms with Crippen LogP contribution in [0.15, 0.2) is 5.10 Å². The molecule has 0 bridgehead atoms. The Bertz CT molecular complexity index is 239. The van der Waals surface area contributed by atoms with E-state index < -0.39 is 6.09 Å². The van der Waals surface area contributed by atoms with Gasteiger partial charge in [-0.3, -0.25) is 0 Å². The van der Waals surface area contributed by atoms with Crippen molar-refractivity contribution in [1.82, 2.24) is 5.43 Å². The van der Waals surface area contributed by atoms with Crippen LogP contribution in [0.3, 0.4) is 0 Å². The Morgan fingerprint density at radius 1 is 1.47 bits per heavy atom. The third-order valence-corrected chi connectivity index (χ3v) is 2.84. The number of hydrogen-bond donors (Lipinski definition) is 1. The molecule has 15 heavy (non-hydrogen) atoms. The first kappa shape index (κ1) is 12.0. The number of hydrazone groups is 1. The number of carbonyl (C=O) groups excluding carboxylic acids is 1. The average Bonchev–Trinajstić information content (AvgIpc) is 2.17. The zero-order chi connectivity index (χ0) is 11.3. The lowest BCUT2D eigenvalue weighted by Crippen LogP contribution is -2.29. The number of ether oxygens (including phenoxy) is 1. The molecule has 1 saturated carbocycles. The maximum atomic E-state index is 11.1. The summed E-state index contributed by atoms with van der Waals surface area (Å²) >= 11 is 0. The minimum atomic E-state index is -0.463. The van der Waals surface area contributed by atoms with E-state index in [4.69, 9.17) is 4.74 Å². The average molecular weight is 212 g/mol. The summed E-state index contributed by atoms with van der Waals surface area (Å²) in [4.78, 5) is 11.1. The van der Waals surface area contributed by atoms with Crippen LogP contribution in [0, 0.1) is 11.8 Å². The lowest BCUT2D eigenvalue weighted by Gasteiger charge is -2.26. The minimum absolute atomic E-state index is 0.377. The van der Waals surface area contributed by atoms with Crippen LogP contribution >= 0.6 is 0 Å². The Kier molecular flexibility index (Phi) is 4.59. The first-order chi connectivity index (χ1) is 7.15. The Balaban J connectivity index is 2.51. The Hall–Kier alpha value is -1.06. The fourth-order valence-corrected chi connectivity index (χ4v) is 2.01. The molecule has 0 aromatic rings. The van der Waals surface area contributed by atoms with Crippen molar-refractivity contribution in [2.24, 2.45) is 16.9 Å². The van der Waals surface area contributed by atoms with Crippen LogP contribution in [0.5, 0.6) is 0 Å². The van der Waals surface area contributed by atoms with Crippen molar-refractivity contribution >= 4 is 11.8 Å². The molecule has 0 aromatic heterocycles. The number of nitrogens with one attached hydrogen (secondary N) is 1. The molecule has 0 spiro atoms. The topological polar surface area (TPSA) is 50.7 Å². The number of hydrogen-bond acceptors (Lipinski definition) is 3. The summed E-state index contributed by atoms with van der Waals surface area (Å²) < 4.78 is 4.75. The van der Waals surface area contributed by atoms with Crippen molar-refractivity contribution in [2.75, 3.05) is 6.61 Å². The van der Waals surface area contributed by atoms with Crippen molar-refractivity contribution in [3.8, 4) is 0 Å². The van der Waals surface area contributed by atoms with Crippen LogP contribution in [0.1, 0.15) is 40.0 Å². The SMILES string of the molecule is CCOC(=O)NN=C1[C@@H](C)CCC[C@@H]1C. The van der Waals surface area contributed by atoms with Gasteiger partial charge in [-0.25, -0.2) is 10.2 Å². The molecular formula is C11H20N2O2. The van der Waals surface area contributed by atoms with Gasteiger partial charge in [0.05, 0.1) is 6.61 Å². The van der Waals surface area contributed by atoms with E-state index in [2.05, 4.69) is 24.4 Å². The maximum absolute atomic E-state index is 11.1. The Morgan fingerprint density at radius 3 is 2.60 bits per heavy atom. The predicted octanol–water partition coefficient (Wildman–Crippen LogP) is 2.54. The summed E-state index contributed by atoms with van der Waals surface area (Å²) in [7, 11) is 0. The second kappa shape index (κ2) is 5.73. The molecule has 1 fully saturated rings. The van der Waals surface area contributed by atoms with Gasteiger partial charge < -0.3 is 4.74 Å². The lowest BCUT2D eigenvalue weighted by atomic mass is 9.81. The zero-order valence-corrected chi connectivity index (χ0v) is 9.75. The van der Waals surface area contributed by atoms with Crippen LogP contribution in [0.25, 0.3) is 0 Å². The van der Waals surface area contributed by atoms with Crippen molar-refractivity contribution in [2.45, 2.75) is 40.0 Å². The fraction of sp³-hybridized carbons (Fsp3) is 0.818. The van der Waals surface area contributed by atoms with Crippen LogP contribution < -0.4 is 5.43 Å². The molecule has 4 nitrogen and oxygen atoms in total. The number of rotatable bonds is 2. The molecule has 0 heterocycles. The van der Waals surface area contributed by atoms with Gasteiger partial charge >= 0.3 is 6.09 Å². The first-order valence-corrected chi connectivity index (χ1v) is 5.65. The number of nitrogens with zero attached hydrogens (tertiary/aromatic N) is 1. The second-order valence-corrected chi connectivity index (χ2v) is 4.10. The van der Waals surface area contributed by atoms with Gasteiger partial charge in [-0.05, 0) is 31.6 Å². The highest BCUT2D eigenvalue weighted by atomic mass is 16.5. The molecule has 0 aromatic carbocycles. The van der Waals surface area contributed by atoms with E-state index in [1.807, 2.05) is 0 Å². The molecule has 1 rings (SSSR count). The van der Waals surface area contributed by atoms with E-state index >= 15 is 0 Å². The highest BCUT2D eigenvalue weighted by Crippen LogP contribution is 2.25. The quantitative estimate of drug-likeness (QED) is 0.715. The first-order valence-electron chi connectivity index (χ1n) is 5.65. The molecule has 0 radical (unpaired) electrons. The fourth-order valence-electron chi connectivity index (χ4n) is 2.01. The van der Waals surface area contributed by atoms with Crippen LogP contribution in [0.2, 0.25) is 0 Å². The van der Waals surface area contributed by atoms with Gasteiger partial charge in [0.1, 0.15) is 0 Å².